The molecule has 1 aliphatic heterocycles. The van der Waals surface area contributed by atoms with Crippen LogP contribution < -0.4 is 20.7 Å². The van der Waals surface area contributed by atoms with Gasteiger partial charge in [0.2, 0.25) is 5.95 Å². The lowest BCUT2D eigenvalue weighted by Gasteiger charge is -2.33. The number of benzene rings is 2. The molecule has 7 heteroatoms. The molecule has 2 aromatic carbocycles. The molecule has 7 nitrogen and oxygen atoms in total. The van der Waals surface area contributed by atoms with Crippen molar-refractivity contribution in [3.63, 3.8) is 0 Å². The van der Waals surface area contributed by atoms with Crippen LogP contribution in [0.4, 0.5) is 23.0 Å². The smallest absolute Gasteiger partial charge is 0.227 e. The Morgan fingerprint density at radius 1 is 1.16 bits per heavy atom. The Hall–Kier alpha value is -3.74. The molecular formula is C25H28N6O. The second-order valence-corrected chi connectivity index (χ2v) is 8.42. The van der Waals surface area contributed by atoms with Gasteiger partial charge in [-0.2, -0.15) is 0 Å². The van der Waals surface area contributed by atoms with Crippen LogP contribution in [0.15, 0.2) is 54.9 Å². The molecule has 0 unspecified atom stereocenters. The molecule has 0 bridgehead atoms. The molecule has 32 heavy (non-hydrogen) atoms. The lowest BCUT2D eigenvalue weighted by atomic mass is 9.98. The summed E-state index contributed by atoms with van der Waals surface area (Å²) >= 11 is 0. The van der Waals surface area contributed by atoms with Gasteiger partial charge >= 0.3 is 0 Å². The second kappa shape index (κ2) is 8.42. The van der Waals surface area contributed by atoms with Crippen LogP contribution >= 0.6 is 0 Å². The fourth-order valence-electron chi connectivity index (χ4n) is 4.35. The van der Waals surface area contributed by atoms with Gasteiger partial charge in [-0.15, -0.1) is 0 Å². The van der Waals surface area contributed by atoms with Gasteiger partial charge in [-0.1, -0.05) is 25.1 Å². The van der Waals surface area contributed by atoms with Crippen molar-refractivity contribution in [2.75, 3.05) is 36.1 Å². The van der Waals surface area contributed by atoms with E-state index in [0.29, 0.717) is 11.7 Å². The highest BCUT2D eigenvalue weighted by atomic mass is 16.5. The van der Waals surface area contributed by atoms with E-state index < -0.39 is 0 Å². The molecular weight excluding hydrogens is 400 g/mol. The van der Waals surface area contributed by atoms with Crippen molar-refractivity contribution in [3.05, 3.63) is 54.9 Å². The van der Waals surface area contributed by atoms with Gasteiger partial charge in [0.25, 0.3) is 0 Å². The average molecular weight is 429 g/mol. The number of anilines is 4. The van der Waals surface area contributed by atoms with Crippen molar-refractivity contribution in [1.82, 2.24) is 15.0 Å². The van der Waals surface area contributed by atoms with Crippen LogP contribution in [0.1, 0.15) is 19.8 Å². The number of hydrogen-bond donors (Lipinski definition) is 3. The van der Waals surface area contributed by atoms with Gasteiger partial charge in [0, 0.05) is 48.0 Å². The summed E-state index contributed by atoms with van der Waals surface area (Å²) < 4.78 is 5.68. The molecule has 0 spiro atoms. The third-order valence-corrected chi connectivity index (χ3v) is 6.24. The molecule has 0 radical (unpaired) electrons. The molecule has 1 aliphatic rings. The molecule has 5 rings (SSSR count). The maximum atomic E-state index is 6.45. The van der Waals surface area contributed by atoms with E-state index >= 15 is 0 Å². The van der Waals surface area contributed by atoms with E-state index in [4.69, 9.17) is 15.5 Å². The monoisotopic (exact) mass is 428 g/mol. The first-order chi connectivity index (χ1) is 15.6. The summed E-state index contributed by atoms with van der Waals surface area (Å²) in [5, 5.41) is 4.42. The fraction of sp³-hybridized carbons (Fsp3) is 0.280. The normalized spacial score (nSPS) is 14.6. The molecule has 0 aliphatic carbocycles. The highest BCUT2D eigenvalue weighted by molar-refractivity contribution is 5.94. The minimum atomic E-state index is 0.491. The summed E-state index contributed by atoms with van der Waals surface area (Å²) in [5.74, 6) is 1.97. The van der Waals surface area contributed by atoms with E-state index in [-0.39, 0.29) is 0 Å². The number of nitrogens with zero attached hydrogens (tertiary/aromatic N) is 3. The van der Waals surface area contributed by atoms with Crippen molar-refractivity contribution in [1.29, 1.82) is 0 Å². The Bertz CT molecular complexity index is 1240. The van der Waals surface area contributed by atoms with Gasteiger partial charge in [0.1, 0.15) is 5.75 Å². The van der Waals surface area contributed by atoms with E-state index in [1.54, 1.807) is 13.3 Å². The zero-order valence-corrected chi connectivity index (χ0v) is 18.4. The lowest BCUT2D eigenvalue weighted by Crippen LogP contribution is -2.33. The van der Waals surface area contributed by atoms with Gasteiger partial charge in [0.05, 0.1) is 29.9 Å². The first-order valence-corrected chi connectivity index (χ1v) is 11.0. The standard InChI is InChI=1S/C25H28N6O/c1-16-8-11-31(12-9-16)23-14-24(32-2)22(13-19(23)26)30-25-27-10-7-21(29-25)18-15-28-20-6-4-3-5-17(18)20/h3-7,10,13-16,28H,8-9,11-12,26H2,1-2H3,(H,27,29,30). The van der Waals surface area contributed by atoms with Crippen molar-refractivity contribution >= 4 is 33.9 Å². The number of para-hydroxylation sites is 1. The number of fused-ring (bicyclic) bond motifs is 1. The van der Waals surface area contributed by atoms with Crippen LogP contribution in [-0.4, -0.2) is 35.2 Å². The molecule has 0 amide bonds. The number of aromatic nitrogens is 3. The van der Waals surface area contributed by atoms with Crippen molar-refractivity contribution in [2.24, 2.45) is 5.92 Å². The summed E-state index contributed by atoms with van der Waals surface area (Å²) in [6, 6.07) is 14.0. The van der Waals surface area contributed by atoms with Gasteiger partial charge in [0.15, 0.2) is 0 Å². The minimum absolute atomic E-state index is 0.491. The molecule has 164 valence electrons. The van der Waals surface area contributed by atoms with Crippen molar-refractivity contribution < 1.29 is 4.74 Å². The van der Waals surface area contributed by atoms with E-state index in [1.165, 1.54) is 12.8 Å². The largest absolute Gasteiger partial charge is 0.494 e. The second-order valence-electron chi connectivity index (χ2n) is 8.42. The van der Waals surface area contributed by atoms with E-state index in [9.17, 15) is 0 Å². The topological polar surface area (TPSA) is 92.1 Å². The zero-order chi connectivity index (χ0) is 22.1. The number of nitrogens with one attached hydrogen (secondary N) is 2. The minimum Gasteiger partial charge on any atom is -0.494 e. The number of hydrogen-bond acceptors (Lipinski definition) is 6. The molecule has 4 aromatic rings. The predicted octanol–water partition coefficient (Wildman–Crippen LogP) is 5.20. The molecule has 3 heterocycles. The summed E-state index contributed by atoms with van der Waals surface area (Å²) in [4.78, 5) is 14.8. The highest BCUT2D eigenvalue weighted by Crippen LogP contribution is 2.38. The molecule has 0 atom stereocenters. The molecule has 1 fully saturated rings. The van der Waals surface area contributed by atoms with Crippen molar-refractivity contribution in [3.8, 4) is 17.0 Å². The van der Waals surface area contributed by atoms with Crippen molar-refractivity contribution in [2.45, 2.75) is 19.8 Å². The van der Waals surface area contributed by atoms with Crippen LogP contribution in [0.5, 0.6) is 5.75 Å². The number of nitrogen functional groups attached to an aromatic ring is 1. The number of methoxy groups -OCH3 is 1. The summed E-state index contributed by atoms with van der Waals surface area (Å²) in [7, 11) is 1.67. The highest BCUT2D eigenvalue weighted by Gasteiger charge is 2.20. The average Bonchev–Trinajstić information content (AvgIpc) is 3.24. The van der Waals surface area contributed by atoms with Crippen LogP contribution in [0.2, 0.25) is 0 Å². The molecule has 4 N–H and O–H groups in total. The first-order valence-electron chi connectivity index (χ1n) is 11.0. The Kier molecular flexibility index (Phi) is 5.31. The zero-order valence-electron chi connectivity index (χ0n) is 18.4. The first kappa shape index (κ1) is 20.2. The Labute approximate surface area is 187 Å². The van der Waals surface area contributed by atoms with Crippen LogP contribution in [-0.2, 0) is 0 Å². The summed E-state index contributed by atoms with van der Waals surface area (Å²) in [6.07, 6.45) is 6.08. The third kappa shape index (κ3) is 3.82. The number of aromatic amines is 1. The maximum absolute atomic E-state index is 6.45. The number of H-pyrrole nitrogens is 1. The third-order valence-electron chi connectivity index (χ3n) is 6.24. The predicted molar refractivity (Wildman–Crippen MR) is 131 cm³/mol. The Morgan fingerprint density at radius 3 is 2.78 bits per heavy atom. The van der Waals surface area contributed by atoms with Gasteiger partial charge in [-0.05, 0) is 37.0 Å². The number of rotatable bonds is 5. The number of piperidine rings is 1. The van der Waals surface area contributed by atoms with E-state index in [1.807, 2.05) is 36.5 Å². The summed E-state index contributed by atoms with van der Waals surface area (Å²) in [5.41, 5.74) is 11.9. The van der Waals surface area contributed by atoms with Crippen LogP contribution in [0.25, 0.3) is 22.2 Å². The molecule has 1 saturated heterocycles. The maximum Gasteiger partial charge on any atom is 0.227 e. The van der Waals surface area contributed by atoms with E-state index in [0.717, 1.165) is 58.2 Å². The van der Waals surface area contributed by atoms with Gasteiger partial charge < -0.3 is 25.7 Å². The lowest BCUT2D eigenvalue weighted by molar-refractivity contribution is 0.415. The number of nitrogens with two attached hydrogens (primary N) is 1. The fourth-order valence-corrected chi connectivity index (χ4v) is 4.35. The van der Waals surface area contributed by atoms with E-state index in [2.05, 4.69) is 39.2 Å². The molecule has 0 saturated carbocycles. The molecule has 2 aromatic heterocycles. The van der Waals surface area contributed by atoms with Gasteiger partial charge in [-0.3, -0.25) is 0 Å². The van der Waals surface area contributed by atoms with Crippen LogP contribution in [0.3, 0.4) is 0 Å². The number of ether oxygens (including phenoxy) is 1. The quantitative estimate of drug-likeness (QED) is 0.379. The summed E-state index contributed by atoms with van der Waals surface area (Å²) in [6.45, 7) is 4.33. The Morgan fingerprint density at radius 2 is 1.97 bits per heavy atom. The SMILES string of the molecule is COc1cc(N2CCC(C)CC2)c(N)cc1Nc1nccc(-c2c[nH]c3ccccc23)n1. The van der Waals surface area contributed by atoms with Crippen LogP contribution in [0, 0.1) is 5.92 Å². The van der Waals surface area contributed by atoms with Gasteiger partial charge in [-0.25, -0.2) is 9.97 Å². The Balaban J connectivity index is 1.44.